The second-order valence-electron chi connectivity index (χ2n) is 16.3. The van der Waals surface area contributed by atoms with Crippen LogP contribution in [0.4, 0.5) is 0 Å². The molecule has 0 aromatic heterocycles. The van der Waals surface area contributed by atoms with Gasteiger partial charge in [0, 0.05) is 37.6 Å². The summed E-state index contributed by atoms with van der Waals surface area (Å²) in [6.45, 7) is 11.7. The van der Waals surface area contributed by atoms with E-state index >= 15 is 0 Å². The van der Waals surface area contributed by atoms with Crippen molar-refractivity contribution in [2.75, 3.05) is 66.4 Å². The lowest BCUT2D eigenvalue weighted by atomic mass is 9.47. The maximum absolute atomic E-state index is 10.4. The predicted octanol–water partition coefficient (Wildman–Crippen LogP) is 4.85. The van der Waals surface area contributed by atoms with Gasteiger partial charge in [0.1, 0.15) is 0 Å². The summed E-state index contributed by atoms with van der Waals surface area (Å²) in [6, 6.07) is 0.579. The van der Waals surface area contributed by atoms with E-state index < -0.39 is 0 Å². The molecule has 12 atom stereocenters. The van der Waals surface area contributed by atoms with Crippen LogP contribution in [0.5, 0.6) is 0 Å². The molecule has 0 aromatic rings. The van der Waals surface area contributed by atoms with E-state index in [2.05, 4.69) is 24.8 Å². The topological polar surface area (TPSA) is 69.6 Å². The lowest BCUT2D eigenvalue weighted by molar-refractivity contribution is -0.211. The van der Waals surface area contributed by atoms with Crippen LogP contribution in [-0.2, 0) is 23.7 Å². The molecule has 242 valence electrons. The van der Waals surface area contributed by atoms with Gasteiger partial charge in [-0.1, -0.05) is 25.5 Å². The van der Waals surface area contributed by atoms with Gasteiger partial charge in [-0.05, 0) is 98.7 Å². The lowest BCUT2D eigenvalue weighted by Crippen LogP contribution is -2.64. The molecule has 7 heteroatoms. The molecule has 8 aliphatic rings. The molecule has 6 aliphatic carbocycles. The van der Waals surface area contributed by atoms with Gasteiger partial charge >= 0.3 is 0 Å². The predicted molar refractivity (Wildman–Crippen MR) is 164 cm³/mol. The standard InChI is InChI=1S/C36H57NO6/c1-24-18-31-32(37(22-24)10-11-40-14-15-42-17-16-41-13-12-39-3)30-21-35-23-34(35)20-29-27(28(34)7-9-36(30,35)43-31)5-4-25-19-26(38)6-8-33(25,29)2/h19,24,26-32,38H,4-18,20-23H2,1-3H3/t24-,26-,27-,28-,29-,30+,31+,32-,33?,34?,35?,36?/m0/s1. The van der Waals surface area contributed by atoms with Crippen molar-refractivity contribution < 1.29 is 28.8 Å². The number of fused-ring (bicyclic) bond motifs is 6. The molecule has 3 spiro atoms. The Morgan fingerprint density at radius 3 is 2.49 bits per heavy atom. The van der Waals surface area contributed by atoms with Gasteiger partial charge in [0.15, 0.2) is 0 Å². The highest BCUT2D eigenvalue weighted by molar-refractivity contribution is 5.41. The highest BCUT2D eigenvalue weighted by atomic mass is 16.6. The first-order chi connectivity index (χ1) is 20.9. The van der Waals surface area contributed by atoms with Crippen LogP contribution < -0.4 is 0 Å². The van der Waals surface area contributed by atoms with E-state index in [-0.39, 0.29) is 11.7 Å². The molecule has 7 fully saturated rings. The van der Waals surface area contributed by atoms with Gasteiger partial charge in [-0.3, -0.25) is 4.90 Å². The zero-order chi connectivity index (χ0) is 29.5. The summed E-state index contributed by atoms with van der Waals surface area (Å²) in [4.78, 5) is 2.77. The average Bonchev–Trinajstić information content (AvgIpc) is 3.47. The highest BCUT2D eigenvalue weighted by Crippen LogP contribution is 2.93. The molecule has 0 radical (unpaired) electrons. The Kier molecular flexibility index (Phi) is 7.65. The molecule has 7 nitrogen and oxygen atoms in total. The van der Waals surface area contributed by atoms with Gasteiger partial charge in [-0.25, -0.2) is 0 Å². The van der Waals surface area contributed by atoms with Crippen molar-refractivity contribution in [2.24, 2.45) is 45.8 Å². The number of methoxy groups -OCH3 is 1. The number of allylic oxidation sites excluding steroid dienone is 1. The third kappa shape index (κ3) is 4.30. The van der Waals surface area contributed by atoms with Crippen LogP contribution in [0, 0.1) is 45.8 Å². The van der Waals surface area contributed by atoms with Crippen molar-refractivity contribution in [2.45, 2.75) is 102 Å². The van der Waals surface area contributed by atoms with Gasteiger partial charge < -0.3 is 28.8 Å². The molecule has 43 heavy (non-hydrogen) atoms. The van der Waals surface area contributed by atoms with Crippen molar-refractivity contribution >= 4 is 0 Å². The molecule has 2 aliphatic heterocycles. The molecular formula is C36H57NO6. The van der Waals surface area contributed by atoms with Gasteiger partial charge in [-0.2, -0.15) is 0 Å². The van der Waals surface area contributed by atoms with Crippen LogP contribution in [0.2, 0.25) is 0 Å². The van der Waals surface area contributed by atoms with Crippen LogP contribution in [0.1, 0.15) is 78.1 Å². The molecule has 0 aromatic carbocycles. The monoisotopic (exact) mass is 599 g/mol. The number of aliphatic hydroxyl groups is 1. The zero-order valence-electron chi connectivity index (χ0n) is 27.1. The average molecular weight is 600 g/mol. The smallest absolute Gasteiger partial charge is 0.0793 e. The Morgan fingerprint density at radius 2 is 1.70 bits per heavy atom. The quantitative estimate of drug-likeness (QED) is 0.254. The number of aliphatic hydroxyl groups excluding tert-OH is 1. The summed E-state index contributed by atoms with van der Waals surface area (Å²) in [5, 5.41) is 10.4. The maximum Gasteiger partial charge on any atom is 0.0793 e. The highest BCUT2D eigenvalue weighted by Gasteiger charge is 2.91. The van der Waals surface area contributed by atoms with Gasteiger partial charge in [-0.15, -0.1) is 0 Å². The Labute approximate surface area is 259 Å². The minimum Gasteiger partial charge on any atom is -0.389 e. The van der Waals surface area contributed by atoms with Gasteiger partial charge in [0.25, 0.3) is 0 Å². The number of ether oxygens (including phenoxy) is 5. The van der Waals surface area contributed by atoms with E-state index in [9.17, 15) is 5.11 Å². The Bertz CT molecular complexity index is 1080. The Balaban J connectivity index is 0.894. The fraction of sp³-hybridized carbons (Fsp3) is 0.944. The minimum absolute atomic E-state index is 0.150. The summed E-state index contributed by atoms with van der Waals surface area (Å²) in [7, 11) is 1.69. The van der Waals surface area contributed by atoms with Crippen molar-refractivity contribution in [1.29, 1.82) is 0 Å². The van der Waals surface area contributed by atoms with E-state index in [1.807, 2.05) is 0 Å². The normalized spacial score (nSPS) is 50.7. The summed E-state index contributed by atoms with van der Waals surface area (Å²) in [5.74, 6) is 4.03. The molecule has 5 saturated carbocycles. The van der Waals surface area contributed by atoms with E-state index in [1.54, 1.807) is 12.7 Å². The molecule has 2 saturated heterocycles. The maximum atomic E-state index is 10.4. The van der Waals surface area contributed by atoms with Gasteiger partial charge in [0.2, 0.25) is 0 Å². The van der Waals surface area contributed by atoms with Crippen molar-refractivity contribution in [1.82, 2.24) is 4.90 Å². The fourth-order valence-electron chi connectivity index (χ4n) is 13.1. The summed E-state index contributed by atoms with van der Waals surface area (Å²) >= 11 is 0. The number of likely N-dealkylation sites (tertiary alicyclic amines) is 1. The van der Waals surface area contributed by atoms with E-state index in [4.69, 9.17) is 23.7 Å². The fourth-order valence-corrected chi connectivity index (χ4v) is 13.1. The molecule has 0 bridgehead atoms. The summed E-state index contributed by atoms with van der Waals surface area (Å²) in [6.07, 6.45) is 15.4. The number of hydrogen-bond acceptors (Lipinski definition) is 7. The summed E-state index contributed by atoms with van der Waals surface area (Å²) in [5.41, 5.74) is 3.09. The lowest BCUT2D eigenvalue weighted by Gasteiger charge is -2.60. The van der Waals surface area contributed by atoms with E-state index in [0.29, 0.717) is 79.9 Å². The van der Waals surface area contributed by atoms with Crippen LogP contribution in [0.3, 0.4) is 0 Å². The van der Waals surface area contributed by atoms with Crippen LogP contribution >= 0.6 is 0 Å². The minimum atomic E-state index is -0.208. The molecule has 1 N–H and O–H groups in total. The van der Waals surface area contributed by atoms with Crippen molar-refractivity contribution in [3.63, 3.8) is 0 Å². The molecular weight excluding hydrogens is 542 g/mol. The SMILES string of the molecule is COCCOCCOCCOCCN1C[C@@H](C)C[C@H]2OC34CC[C@H]5[C@@H]6CCC7=C[C@@H](O)CCC7(C)[C@H]6CC56CC63C[C@@H]4[C@@H]21. The first kappa shape index (κ1) is 29.8. The number of piperidine rings is 1. The Morgan fingerprint density at radius 1 is 0.930 bits per heavy atom. The third-order valence-electron chi connectivity index (χ3n) is 14.7. The van der Waals surface area contributed by atoms with Crippen LogP contribution in [0.25, 0.3) is 0 Å². The van der Waals surface area contributed by atoms with Crippen molar-refractivity contribution in [3.8, 4) is 0 Å². The van der Waals surface area contributed by atoms with E-state index in [1.165, 1.54) is 64.3 Å². The largest absolute Gasteiger partial charge is 0.389 e. The van der Waals surface area contributed by atoms with Crippen LogP contribution in [0.15, 0.2) is 11.6 Å². The molecule has 8 rings (SSSR count). The van der Waals surface area contributed by atoms with Crippen molar-refractivity contribution in [3.05, 3.63) is 11.6 Å². The molecule has 4 unspecified atom stereocenters. The summed E-state index contributed by atoms with van der Waals surface area (Å²) < 4.78 is 29.6. The number of nitrogens with zero attached hydrogens (tertiary/aromatic N) is 1. The van der Waals surface area contributed by atoms with Gasteiger partial charge in [0.05, 0.1) is 64.1 Å². The van der Waals surface area contributed by atoms with E-state index in [0.717, 1.165) is 37.3 Å². The first-order valence-corrected chi connectivity index (χ1v) is 17.9. The molecule has 0 amide bonds. The van der Waals surface area contributed by atoms with Crippen LogP contribution in [-0.4, -0.2) is 100 Å². The second-order valence-corrected chi connectivity index (χ2v) is 16.3. The Hall–Kier alpha value is -0.540. The second kappa shape index (κ2) is 11.0. The number of rotatable bonds is 12. The number of hydrogen-bond donors (Lipinski definition) is 1. The third-order valence-corrected chi connectivity index (χ3v) is 14.7. The zero-order valence-corrected chi connectivity index (χ0v) is 27.1. The first-order valence-electron chi connectivity index (χ1n) is 17.9. The molecule has 2 heterocycles.